The number of aliphatic carboxylic acids is 1. The number of carbonyl (C=O) groups is 3. The predicted octanol–water partition coefficient (Wildman–Crippen LogP) is 3.53. The minimum absolute atomic E-state index is 0.0462. The highest BCUT2D eigenvalue weighted by Crippen LogP contribution is 2.44. The van der Waals surface area contributed by atoms with Crippen molar-refractivity contribution >= 4 is 18.0 Å². The number of amides is 2. The molecule has 2 unspecified atom stereocenters. The number of hydrogen-bond acceptors (Lipinski definition) is 4. The Labute approximate surface area is 181 Å². The molecule has 3 N–H and O–H groups in total. The van der Waals surface area contributed by atoms with Crippen LogP contribution in [0.2, 0.25) is 0 Å². The van der Waals surface area contributed by atoms with Gasteiger partial charge in [-0.15, -0.1) is 0 Å². The largest absolute Gasteiger partial charge is 0.480 e. The smallest absolute Gasteiger partial charge is 0.407 e. The summed E-state index contributed by atoms with van der Waals surface area (Å²) in [5.41, 5.74) is 4.54. The molecule has 0 bridgehead atoms. The molecule has 2 aromatic carbocycles. The first-order chi connectivity index (χ1) is 14.8. The number of benzene rings is 2. The fourth-order valence-electron chi connectivity index (χ4n) is 3.82. The van der Waals surface area contributed by atoms with Crippen LogP contribution in [0, 0.1) is 5.92 Å². The first-order valence-corrected chi connectivity index (χ1v) is 10.5. The molecule has 0 aromatic heterocycles. The van der Waals surface area contributed by atoms with E-state index in [4.69, 9.17) is 9.84 Å². The van der Waals surface area contributed by atoms with Gasteiger partial charge >= 0.3 is 12.1 Å². The van der Waals surface area contributed by atoms with Gasteiger partial charge in [-0.3, -0.25) is 4.79 Å². The van der Waals surface area contributed by atoms with Crippen molar-refractivity contribution in [2.45, 2.75) is 45.2 Å². The molecule has 7 heteroatoms. The van der Waals surface area contributed by atoms with Gasteiger partial charge in [0.15, 0.2) is 0 Å². The number of ether oxygens (including phenoxy) is 1. The molecule has 0 aliphatic heterocycles. The number of rotatable bonds is 8. The minimum atomic E-state index is -1.08. The highest BCUT2D eigenvalue weighted by molar-refractivity contribution is 5.85. The second kappa shape index (κ2) is 9.64. The summed E-state index contributed by atoms with van der Waals surface area (Å²) < 4.78 is 5.50. The molecule has 1 aliphatic rings. The van der Waals surface area contributed by atoms with Gasteiger partial charge in [-0.25, -0.2) is 9.59 Å². The van der Waals surface area contributed by atoms with E-state index in [-0.39, 0.29) is 18.9 Å². The van der Waals surface area contributed by atoms with E-state index in [0.29, 0.717) is 0 Å². The molecule has 0 radical (unpaired) electrons. The molecule has 7 nitrogen and oxygen atoms in total. The third-order valence-corrected chi connectivity index (χ3v) is 5.88. The molecule has 3 atom stereocenters. The molecule has 2 aromatic rings. The van der Waals surface area contributed by atoms with Gasteiger partial charge in [0, 0.05) is 12.0 Å². The van der Waals surface area contributed by atoms with E-state index < -0.39 is 36.0 Å². The summed E-state index contributed by atoms with van der Waals surface area (Å²) in [5, 5.41) is 14.3. The number of carbonyl (C=O) groups excluding carboxylic acids is 2. The molecular formula is C24H28N2O5. The predicted molar refractivity (Wildman–Crippen MR) is 117 cm³/mol. The van der Waals surface area contributed by atoms with Gasteiger partial charge in [0.1, 0.15) is 12.6 Å². The fraction of sp³-hybridized carbons (Fsp3) is 0.375. The molecule has 2 amide bonds. The Morgan fingerprint density at radius 1 is 0.968 bits per heavy atom. The number of fused-ring (bicyclic) bond motifs is 3. The van der Waals surface area contributed by atoms with Gasteiger partial charge in [-0.2, -0.15) is 0 Å². The Kier molecular flexibility index (Phi) is 6.95. The second-order valence-corrected chi connectivity index (χ2v) is 7.85. The van der Waals surface area contributed by atoms with Crippen LogP contribution in [0.4, 0.5) is 4.79 Å². The normalized spacial score (nSPS) is 15.2. The van der Waals surface area contributed by atoms with Crippen molar-refractivity contribution in [3.05, 3.63) is 59.7 Å². The second-order valence-electron chi connectivity index (χ2n) is 7.85. The number of nitrogens with one attached hydrogen (secondary N) is 2. The van der Waals surface area contributed by atoms with Crippen molar-refractivity contribution < 1.29 is 24.2 Å². The van der Waals surface area contributed by atoms with E-state index in [1.54, 1.807) is 20.8 Å². The molecule has 0 heterocycles. The first-order valence-electron chi connectivity index (χ1n) is 10.5. The summed E-state index contributed by atoms with van der Waals surface area (Å²) >= 11 is 0. The summed E-state index contributed by atoms with van der Waals surface area (Å²) in [6.45, 7) is 5.19. The Morgan fingerprint density at radius 3 is 2.03 bits per heavy atom. The highest BCUT2D eigenvalue weighted by Gasteiger charge is 2.30. The van der Waals surface area contributed by atoms with Crippen LogP contribution in [-0.2, 0) is 14.3 Å². The molecule has 164 valence electrons. The van der Waals surface area contributed by atoms with Crippen molar-refractivity contribution in [3.63, 3.8) is 0 Å². The van der Waals surface area contributed by atoms with Crippen LogP contribution in [-0.4, -0.2) is 41.8 Å². The minimum Gasteiger partial charge on any atom is -0.480 e. The van der Waals surface area contributed by atoms with E-state index in [0.717, 1.165) is 22.3 Å². The summed E-state index contributed by atoms with van der Waals surface area (Å²) in [6, 6.07) is 14.7. The van der Waals surface area contributed by atoms with E-state index >= 15 is 0 Å². The summed E-state index contributed by atoms with van der Waals surface area (Å²) in [6.07, 6.45) is -0.332. The van der Waals surface area contributed by atoms with Crippen molar-refractivity contribution in [1.29, 1.82) is 0 Å². The summed E-state index contributed by atoms with van der Waals surface area (Å²) in [4.78, 5) is 35.8. The first kappa shape index (κ1) is 22.3. The van der Waals surface area contributed by atoms with Crippen molar-refractivity contribution in [2.75, 3.05) is 6.61 Å². The van der Waals surface area contributed by atoms with Crippen LogP contribution in [0.3, 0.4) is 0 Å². The van der Waals surface area contributed by atoms with E-state index in [1.807, 2.05) is 36.4 Å². The van der Waals surface area contributed by atoms with Gasteiger partial charge in [0.05, 0.1) is 5.92 Å². The van der Waals surface area contributed by atoms with Crippen molar-refractivity contribution in [2.24, 2.45) is 5.92 Å². The zero-order valence-corrected chi connectivity index (χ0v) is 17.9. The lowest BCUT2D eigenvalue weighted by atomic mass is 9.98. The van der Waals surface area contributed by atoms with E-state index in [9.17, 15) is 14.4 Å². The van der Waals surface area contributed by atoms with E-state index in [1.165, 1.54) is 0 Å². The zero-order valence-electron chi connectivity index (χ0n) is 17.9. The Hall–Kier alpha value is -3.35. The third-order valence-electron chi connectivity index (χ3n) is 5.88. The third kappa shape index (κ3) is 4.87. The number of hydrogen-bond donors (Lipinski definition) is 3. The van der Waals surface area contributed by atoms with Gasteiger partial charge < -0.3 is 20.5 Å². The average molecular weight is 424 g/mol. The monoisotopic (exact) mass is 424 g/mol. The number of carboxylic acid groups (broad SMARTS) is 1. The van der Waals surface area contributed by atoms with Crippen molar-refractivity contribution in [1.82, 2.24) is 10.6 Å². The lowest BCUT2D eigenvalue weighted by Crippen LogP contribution is -2.48. The average Bonchev–Trinajstić information content (AvgIpc) is 3.08. The SMILES string of the molecule is CC[C@@H](NC(=O)C(C)C(C)NC(=O)OCC1c2ccccc2-c2ccccc21)C(=O)O. The summed E-state index contributed by atoms with van der Waals surface area (Å²) in [7, 11) is 0. The molecule has 31 heavy (non-hydrogen) atoms. The van der Waals surface area contributed by atoms with Crippen molar-refractivity contribution in [3.8, 4) is 11.1 Å². The van der Waals surface area contributed by atoms with Gasteiger partial charge in [-0.05, 0) is 35.6 Å². The van der Waals surface area contributed by atoms with Gasteiger partial charge in [0.25, 0.3) is 0 Å². The number of alkyl carbamates (subject to hydrolysis) is 1. The molecular weight excluding hydrogens is 396 g/mol. The zero-order chi connectivity index (χ0) is 22.5. The molecule has 1 aliphatic carbocycles. The summed E-state index contributed by atoms with van der Waals surface area (Å²) in [5.74, 6) is -2.18. The molecule has 0 fully saturated rings. The maximum absolute atomic E-state index is 12.4. The Morgan fingerprint density at radius 2 is 1.52 bits per heavy atom. The van der Waals surface area contributed by atoms with Crippen LogP contribution >= 0.6 is 0 Å². The number of carboxylic acids is 1. The quantitative estimate of drug-likeness (QED) is 0.601. The topological polar surface area (TPSA) is 105 Å². The van der Waals surface area contributed by atoms with Gasteiger partial charge in [0.2, 0.25) is 5.91 Å². The van der Waals surface area contributed by atoms with E-state index in [2.05, 4.69) is 22.8 Å². The lowest BCUT2D eigenvalue weighted by molar-refractivity contribution is -0.142. The van der Waals surface area contributed by atoms with Crippen LogP contribution in [0.5, 0.6) is 0 Å². The van der Waals surface area contributed by atoms with Crippen LogP contribution in [0.15, 0.2) is 48.5 Å². The van der Waals surface area contributed by atoms with Crippen LogP contribution < -0.4 is 10.6 Å². The molecule has 0 spiro atoms. The van der Waals surface area contributed by atoms with Crippen LogP contribution in [0.1, 0.15) is 44.2 Å². The maximum Gasteiger partial charge on any atom is 0.407 e. The van der Waals surface area contributed by atoms with Crippen LogP contribution in [0.25, 0.3) is 11.1 Å². The highest BCUT2D eigenvalue weighted by atomic mass is 16.5. The standard InChI is InChI=1S/C24H28N2O5/c1-4-21(23(28)29)26-22(27)14(2)15(3)25-24(30)31-13-20-18-11-7-5-9-16(18)17-10-6-8-12-19(17)20/h5-12,14-15,20-21H,4,13H2,1-3H3,(H,25,30)(H,26,27)(H,28,29)/t14?,15?,21-/m1/s1. The molecule has 0 saturated heterocycles. The lowest BCUT2D eigenvalue weighted by Gasteiger charge is -2.23. The fourth-order valence-corrected chi connectivity index (χ4v) is 3.82. The molecule has 0 saturated carbocycles. The Balaban J connectivity index is 1.58. The molecule has 3 rings (SSSR count). The Bertz CT molecular complexity index is 928. The maximum atomic E-state index is 12.4. The van der Waals surface area contributed by atoms with Gasteiger partial charge in [-0.1, -0.05) is 62.4 Å².